The molecular weight excluding hydrogens is 437 g/mol. The number of anilines is 1. The highest BCUT2D eigenvalue weighted by Gasteiger charge is 2.30. The van der Waals surface area contributed by atoms with Gasteiger partial charge in [0.05, 0.1) is 30.1 Å². The second-order valence-electron chi connectivity index (χ2n) is 8.42. The van der Waals surface area contributed by atoms with Crippen LogP contribution in [0.4, 0.5) is 10.1 Å². The van der Waals surface area contributed by atoms with Gasteiger partial charge in [-0.3, -0.25) is 4.79 Å². The Labute approximate surface area is 194 Å². The lowest BCUT2D eigenvalue weighted by Crippen LogP contribution is -2.26. The first-order valence-electron chi connectivity index (χ1n) is 10.7. The molecule has 0 saturated carbocycles. The molecule has 1 aliphatic rings. The average Bonchev–Trinajstić information content (AvgIpc) is 3.19. The van der Waals surface area contributed by atoms with Crippen molar-refractivity contribution in [3.05, 3.63) is 80.9 Å². The number of aromatic nitrogens is 2. The first kappa shape index (κ1) is 21.9. The zero-order valence-corrected chi connectivity index (χ0v) is 18.6. The van der Waals surface area contributed by atoms with Crippen molar-refractivity contribution in [3.8, 4) is 22.5 Å². The molecule has 0 radical (unpaired) electrons. The van der Waals surface area contributed by atoms with E-state index in [0.717, 1.165) is 22.1 Å². The second kappa shape index (κ2) is 8.16. The number of aliphatic hydroxyl groups is 1. The number of benzene rings is 2. The Morgan fingerprint density at radius 1 is 1.26 bits per heavy atom. The van der Waals surface area contributed by atoms with Crippen LogP contribution < -0.4 is 11.3 Å². The number of aryl methyl sites for hydroxylation is 1. The van der Waals surface area contributed by atoms with Gasteiger partial charge in [-0.25, -0.2) is 9.37 Å². The number of carbonyl (C=O) groups is 1. The molecule has 2 aromatic heterocycles. The molecule has 3 N–H and O–H groups in total. The number of nitrogens with zero attached hydrogens (tertiary/aromatic N) is 2. The topological polar surface area (TPSA) is 107 Å². The zero-order valence-electron chi connectivity index (χ0n) is 18.6. The van der Waals surface area contributed by atoms with E-state index in [4.69, 9.17) is 15.5 Å². The number of fused-ring (bicyclic) bond motifs is 4. The van der Waals surface area contributed by atoms with Gasteiger partial charge in [-0.2, -0.15) is 0 Å². The molecule has 5 rings (SSSR count). The lowest BCUT2D eigenvalue weighted by Gasteiger charge is -2.14. The van der Waals surface area contributed by atoms with Crippen LogP contribution in [0.2, 0.25) is 0 Å². The molecule has 1 aliphatic heterocycles. The van der Waals surface area contributed by atoms with Crippen molar-refractivity contribution in [2.24, 2.45) is 0 Å². The van der Waals surface area contributed by atoms with Gasteiger partial charge < -0.3 is 24.9 Å². The van der Waals surface area contributed by atoms with Gasteiger partial charge >= 0.3 is 0 Å². The van der Waals surface area contributed by atoms with Gasteiger partial charge in [-0.15, -0.1) is 0 Å². The van der Waals surface area contributed by atoms with Crippen LogP contribution in [-0.2, 0) is 22.7 Å². The van der Waals surface area contributed by atoms with Crippen molar-refractivity contribution >= 4 is 22.9 Å². The summed E-state index contributed by atoms with van der Waals surface area (Å²) in [6.45, 7) is 1.87. The van der Waals surface area contributed by atoms with Crippen molar-refractivity contribution in [2.75, 3.05) is 12.8 Å². The minimum Gasteiger partial charge on any atom is -0.399 e. The van der Waals surface area contributed by atoms with Gasteiger partial charge in [0.2, 0.25) is 0 Å². The van der Waals surface area contributed by atoms with Crippen LogP contribution in [0.3, 0.4) is 0 Å². The summed E-state index contributed by atoms with van der Waals surface area (Å²) in [6, 6.07) is 12.1. The number of rotatable bonds is 5. The van der Waals surface area contributed by atoms with Gasteiger partial charge in [0, 0.05) is 40.9 Å². The van der Waals surface area contributed by atoms with Crippen LogP contribution in [0.15, 0.2) is 47.3 Å². The highest BCUT2D eigenvalue weighted by Crippen LogP contribution is 2.42. The second-order valence-corrected chi connectivity index (χ2v) is 8.42. The van der Waals surface area contributed by atoms with E-state index in [1.165, 1.54) is 13.2 Å². The molecule has 0 saturated heterocycles. The largest absolute Gasteiger partial charge is 0.399 e. The van der Waals surface area contributed by atoms with Gasteiger partial charge in [0.1, 0.15) is 11.9 Å². The normalized spacial score (nSPS) is 13.1. The van der Waals surface area contributed by atoms with Crippen molar-refractivity contribution < 1.29 is 19.0 Å². The summed E-state index contributed by atoms with van der Waals surface area (Å²) in [5.74, 6) is -0.383. The van der Waals surface area contributed by atoms with Crippen molar-refractivity contribution in [3.63, 3.8) is 0 Å². The molecule has 2 aromatic carbocycles. The van der Waals surface area contributed by atoms with Crippen LogP contribution in [0.25, 0.3) is 33.4 Å². The summed E-state index contributed by atoms with van der Waals surface area (Å²) in [7, 11) is 1.44. The van der Waals surface area contributed by atoms with Crippen LogP contribution in [-0.4, -0.2) is 28.1 Å². The average molecular weight is 459 g/mol. The Kier molecular flexibility index (Phi) is 5.27. The predicted molar refractivity (Wildman–Crippen MR) is 127 cm³/mol. The Balaban J connectivity index is 1.87. The minimum absolute atomic E-state index is 0.0552. The fourth-order valence-corrected chi connectivity index (χ4v) is 4.62. The summed E-state index contributed by atoms with van der Waals surface area (Å²) >= 11 is 0. The minimum atomic E-state index is -1.48. The number of hydrogen-bond donors (Lipinski definition) is 2. The molecule has 172 valence electrons. The fourth-order valence-electron chi connectivity index (χ4n) is 4.62. The Morgan fingerprint density at radius 3 is 2.68 bits per heavy atom. The van der Waals surface area contributed by atoms with E-state index in [1.807, 2.05) is 12.1 Å². The number of hydrogen-bond acceptors (Lipinski definition) is 6. The Hall–Kier alpha value is -3.88. The van der Waals surface area contributed by atoms with E-state index in [-0.39, 0.29) is 35.7 Å². The quantitative estimate of drug-likeness (QED) is 0.308. The number of nitrogen functional groups attached to an aromatic ring is 1. The number of ether oxygens (including phenoxy) is 1. The molecule has 7 nitrogen and oxygen atoms in total. The smallest absolute Gasteiger partial charge is 0.257 e. The summed E-state index contributed by atoms with van der Waals surface area (Å²) < 4.78 is 21.2. The number of aldehydes is 1. The van der Waals surface area contributed by atoms with E-state index in [1.54, 1.807) is 35.8 Å². The van der Waals surface area contributed by atoms with E-state index in [2.05, 4.69) is 0 Å². The van der Waals surface area contributed by atoms with E-state index < -0.39 is 6.10 Å². The number of halogens is 1. The molecule has 0 amide bonds. The third-order valence-electron chi connectivity index (χ3n) is 6.30. The number of nitrogens with two attached hydrogens (primary N) is 1. The lowest BCUT2D eigenvalue weighted by molar-refractivity contribution is -0.115. The van der Waals surface area contributed by atoms with Gasteiger partial charge in [0.25, 0.3) is 5.56 Å². The van der Waals surface area contributed by atoms with E-state index >= 15 is 0 Å². The molecule has 4 aromatic rings. The monoisotopic (exact) mass is 459 g/mol. The maximum atomic E-state index is 14.5. The van der Waals surface area contributed by atoms with E-state index in [0.29, 0.717) is 34.4 Å². The number of carbonyl (C=O) groups excluding carboxylic acids is 1. The fraction of sp³-hybridized carbons (Fsp3) is 0.192. The lowest BCUT2D eigenvalue weighted by atomic mass is 9.93. The number of methoxy groups -OCH3 is 1. The third-order valence-corrected chi connectivity index (χ3v) is 6.30. The standard InChI is InChI=1S/C26H22FN3O4/c1-13-7-17-21(9-20(13)27)29-25-18(24(17)14-3-5-15(28)6-4-14)10-30-22(25)8-16(23(32)11-31)19(12-34-2)26(30)33/h3-9,11,23,32H,10,12,28H2,1-2H3. The van der Waals surface area contributed by atoms with Gasteiger partial charge in [-0.1, -0.05) is 12.1 Å². The molecule has 8 heteroatoms. The molecule has 1 atom stereocenters. The van der Waals surface area contributed by atoms with Gasteiger partial charge in [0.15, 0.2) is 6.29 Å². The molecular formula is C26H22FN3O4. The Bertz CT molecular complexity index is 1530. The van der Waals surface area contributed by atoms with Crippen LogP contribution in [0.5, 0.6) is 0 Å². The van der Waals surface area contributed by atoms with Crippen molar-refractivity contribution in [1.82, 2.24) is 9.55 Å². The third kappa shape index (κ3) is 3.30. The summed E-state index contributed by atoms with van der Waals surface area (Å²) in [4.78, 5) is 29.5. The molecule has 1 unspecified atom stereocenters. The highest BCUT2D eigenvalue weighted by atomic mass is 19.1. The summed E-state index contributed by atoms with van der Waals surface area (Å²) in [5, 5.41) is 11.0. The van der Waals surface area contributed by atoms with Crippen LogP contribution in [0, 0.1) is 12.7 Å². The number of pyridine rings is 2. The molecule has 34 heavy (non-hydrogen) atoms. The first-order valence-corrected chi connectivity index (χ1v) is 10.7. The molecule has 0 aliphatic carbocycles. The zero-order chi connectivity index (χ0) is 24.1. The van der Waals surface area contributed by atoms with Crippen molar-refractivity contribution in [1.29, 1.82) is 0 Å². The van der Waals surface area contributed by atoms with Gasteiger partial charge in [-0.05, 0) is 47.9 Å². The molecule has 0 bridgehead atoms. The van der Waals surface area contributed by atoms with E-state index in [9.17, 15) is 19.1 Å². The highest BCUT2D eigenvalue weighted by molar-refractivity contribution is 6.00. The Morgan fingerprint density at radius 2 is 2.00 bits per heavy atom. The maximum absolute atomic E-state index is 14.5. The van der Waals surface area contributed by atoms with Crippen LogP contribution in [0.1, 0.15) is 28.4 Å². The molecule has 0 spiro atoms. The predicted octanol–water partition coefficient (Wildman–Crippen LogP) is 3.50. The van der Waals surface area contributed by atoms with Crippen molar-refractivity contribution in [2.45, 2.75) is 26.2 Å². The summed E-state index contributed by atoms with van der Waals surface area (Å²) in [5.41, 5.74) is 10.9. The first-order chi connectivity index (χ1) is 16.3. The molecule has 3 heterocycles. The molecule has 0 fully saturated rings. The summed E-state index contributed by atoms with van der Waals surface area (Å²) in [6.07, 6.45) is -1.11. The van der Waals surface area contributed by atoms with Crippen LogP contribution >= 0.6 is 0 Å². The maximum Gasteiger partial charge on any atom is 0.257 e. The SMILES string of the molecule is COCc1c(C(O)C=O)cc2n(c1=O)Cc1c-2nc2cc(F)c(C)cc2c1-c1ccc(N)cc1. The number of aliphatic hydroxyl groups excluding tert-OH is 1.